The van der Waals surface area contributed by atoms with Crippen molar-refractivity contribution in [1.82, 2.24) is 5.32 Å². The maximum Gasteiger partial charge on any atom is 0.264 e. The van der Waals surface area contributed by atoms with Crippen molar-refractivity contribution in [2.75, 3.05) is 13.7 Å². The molecule has 3 rings (SSSR count). The zero-order valence-corrected chi connectivity index (χ0v) is 16.9. The third-order valence-electron chi connectivity index (χ3n) is 3.56. The van der Waals surface area contributed by atoms with Gasteiger partial charge in [0.1, 0.15) is 6.07 Å². The van der Waals surface area contributed by atoms with Crippen molar-refractivity contribution in [2.24, 2.45) is 4.99 Å². The fraction of sp³-hybridized carbons (Fsp3) is 0.105. The van der Waals surface area contributed by atoms with Gasteiger partial charge < -0.3 is 14.8 Å². The van der Waals surface area contributed by atoms with Crippen LogP contribution in [-0.4, -0.2) is 24.8 Å². The predicted octanol–water partition coefficient (Wildman–Crippen LogP) is 4.80. The van der Waals surface area contributed by atoms with E-state index in [1.807, 2.05) is 6.07 Å². The summed E-state index contributed by atoms with van der Waals surface area (Å²) in [6.07, 6.45) is 1.72. The number of aliphatic imine (C=N–C) groups is 1. The van der Waals surface area contributed by atoms with Gasteiger partial charge in [-0.3, -0.25) is 4.79 Å². The fourth-order valence-corrected chi connectivity index (χ4v) is 3.44. The molecule has 0 unspecified atom stereocenters. The van der Waals surface area contributed by atoms with Gasteiger partial charge in [-0.1, -0.05) is 29.3 Å². The van der Waals surface area contributed by atoms with E-state index in [0.29, 0.717) is 37.3 Å². The molecule has 1 saturated heterocycles. The molecule has 0 aromatic heterocycles. The lowest BCUT2D eigenvalue weighted by Crippen LogP contribution is -2.19. The molecule has 0 spiro atoms. The third kappa shape index (κ3) is 4.78. The Labute approximate surface area is 175 Å². The van der Waals surface area contributed by atoms with E-state index in [1.54, 1.807) is 42.5 Å². The van der Waals surface area contributed by atoms with Gasteiger partial charge in [-0.25, -0.2) is 4.99 Å². The normalized spacial score (nSPS) is 16.1. The average molecular weight is 434 g/mol. The van der Waals surface area contributed by atoms with Crippen molar-refractivity contribution < 1.29 is 14.3 Å². The molecule has 0 aliphatic carbocycles. The molecule has 1 aliphatic heterocycles. The van der Waals surface area contributed by atoms with Gasteiger partial charge in [-0.2, -0.15) is 5.26 Å². The van der Waals surface area contributed by atoms with Crippen molar-refractivity contribution in [1.29, 1.82) is 5.26 Å². The monoisotopic (exact) mass is 433 g/mol. The molecule has 1 fully saturated rings. The molecule has 9 heteroatoms. The Hall–Kier alpha value is -2.66. The van der Waals surface area contributed by atoms with Crippen LogP contribution in [0.15, 0.2) is 46.3 Å². The number of nitrogens with one attached hydrogen (secondary N) is 1. The predicted molar refractivity (Wildman–Crippen MR) is 111 cm³/mol. The Balaban J connectivity index is 1.81. The number of ether oxygens (including phenoxy) is 2. The summed E-state index contributed by atoms with van der Waals surface area (Å²) in [7, 11) is 1.50. The summed E-state index contributed by atoms with van der Waals surface area (Å²) < 4.78 is 10.6. The van der Waals surface area contributed by atoms with E-state index in [2.05, 4.69) is 10.3 Å². The van der Waals surface area contributed by atoms with Crippen LogP contribution in [0.1, 0.15) is 5.56 Å². The van der Waals surface area contributed by atoms with E-state index < -0.39 is 0 Å². The van der Waals surface area contributed by atoms with Gasteiger partial charge in [-0.05, 0) is 53.7 Å². The van der Waals surface area contributed by atoms with Gasteiger partial charge in [0, 0.05) is 0 Å². The number of methoxy groups -OCH3 is 1. The molecule has 1 N–H and O–H groups in total. The second kappa shape index (κ2) is 9.02. The van der Waals surface area contributed by atoms with E-state index in [9.17, 15) is 4.79 Å². The molecule has 0 radical (unpaired) electrons. The van der Waals surface area contributed by atoms with Crippen LogP contribution in [0.4, 0.5) is 5.69 Å². The summed E-state index contributed by atoms with van der Waals surface area (Å²) in [5, 5.41) is 12.6. The van der Waals surface area contributed by atoms with Crippen molar-refractivity contribution in [2.45, 2.75) is 0 Å². The first-order valence-electron chi connectivity index (χ1n) is 7.92. The Morgan fingerprint density at radius 2 is 2.04 bits per heavy atom. The molecule has 142 valence electrons. The number of halogens is 2. The quantitative estimate of drug-likeness (QED) is 0.684. The molecule has 1 heterocycles. The summed E-state index contributed by atoms with van der Waals surface area (Å²) in [6, 6.07) is 12.1. The number of hydrogen-bond donors (Lipinski definition) is 1. The molecule has 28 heavy (non-hydrogen) atoms. The minimum atomic E-state index is -0.257. The molecular weight excluding hydrogens is 421 g/mol. The first-order valence-corrected chi connectivity index (χ1v) is 9.50. The zero-order valence-electron chi connectivity index (χ0n) is 14.5. The number of thioether (sulfide) groups is 1. The SMILES string of the molecule is COc1cc(C=C2SC(=Nc3ccc(Cl)c(Cl)c3)NC2=O)ccc1OCC#N. The summed E-state index contributed by atoms with van der Waals surface area (Å²) >= 11 is 13.1. The van der Waals surface area contributed by atoms with Crippen molar-refractivity contribution in [3.05, 3.63) is 56.9 Å². The number of amidine groups is 1. The fourth-order valence-electron chi connectivity index (χ4n) is 2.31. The smallest absolute Gasteiger partial charge is 0.264 e. The molecule has 0 saturated carbocycles. The third-order valence-corrected chi connectivity index (χ3v) is 5.21. The van der Waals surface area contributed by atoms with Gasteiger partial charge in [0.25, 0.3) is 5.91 Å². The number of rotatable bonds is 5. The zero-order chi connectivity index (χ0) is 20.1. The van der Waals surface area contributed by atoms with Crippen LogP contribution in [0.3, 0.4) is 0 Å². The maximum atomic E-state index is 12.2. The highest BCUT2D eigenvalue weighted by Gasteiger charge is 2.24. The number of carbonyl (C=O) groups is 1. The number of benzene rings is 2. The standard InChI is InChI=1S/C19H13Cl2N3O3S/c1-26-16-8-11(2-5-15(16)27-7-6-22)9-17-18(25)24-19(28-17)23-12-3-4-13(20)14(21)10-12/h2-5,8-10H,7H2,1H3,(H,23,24,25). The van der Waals surface area contributed by atoms with Gasteiger partial charge in [-0.15, -0.1) is 0 Å². The van der Waals surface area contributed by atoms with Crippen molar-refractivity contribution >= 4 is 57.8 Å². The molecule has 2 aromatic rings. The van der Waals surface area contributed by atoms with Crippen LogP contribution < -0.4 is 14.8 Å². The summed E-state index contributed by atoms with van der Waals surface area (Å²) in [5.41, 5.74) is 1.33. The molecule has 0 bridgehead atoms. The number of carbonyl (C=O) groups excluding carboxylic acids is 1. The first-order chi connectivity index (χ1) is 13.5. The van der Waals surface area contributed by atoms with Crippen LogP contribution in [0, 0.1) is 11.3 Å². The number of hydrogen-bond acceptors (Lipinski definition) is 6. The molecule has 0 atom stereocenters. The van der Waals surface area contributed by atoms with Crippen molar-refractivity contribution in [3.63, 3.8) is 0 Å². The lowest BCUT2D eigenvalue weighted by atomic mass is 10.2. The molecule has 2 aromatic carbocycles. The second-order valence-corrected chi connectivity index (χ2v) is 7.28. The van der Waals surface area contributed by atoms with Crippen LogP contribution in [-0.2, 0) is 4.79 Å². The first kappa shape index (κ1) is 20.1. The summed E-state index contributed by atoms with van der Waals surface area (Å²) in [4.78, 5) is 17.1. The molecule has 6 nitrogen and oxygen atoms in total. The lowest BCUT2D eigenvalue weighted by Gasteiger charge is -2.08. The molecule has 1 amide bonds. The summed E-state index contributed by atoms with van der Waals surface area (Å²) in [5.74, 6) is 0.668. The van der Waals surface area contributed by atoms with E-state index in [-0.39, 0.29) is 12.5 Å². The summed E-state index contributed by atoms with van der Waals surface area (Å²) in [6.45, 7) is -0.0798. The Kier molecular flexibility index (Phi) is 6.47. The van der Waals surface area contributed by atoms with Crippen LogP contribution in [0.25, 0.3) is 6.08 Å². The van der Waals surface area contributed by atoms with Crippen molar-refractivity contribution in [3.8, 4) is 17.6 Å². The van der Waals surface area contributed by atoms with E-state index in [4.69, 9.17) is 37.9 Å². The Morgan fingerprint density at radius 1 is 1.21 bits per heavy atom. The number of amides is 1. The minimum absolute atomic E-state index is 0.0798. The Bertz CT molecular complexity index is 1030. The second-order valence-electron chi connectivity index (χ2n) is 5.44. The van der Waals surface area contributed by atoms with E-state index in [0.717, 1.165) is 5.56 Å². The average Bonchev–Trinajstić information content (AvgIpc) is 3.02. The Morgan fingerprint density at radius 3 is 2.75 bits per heavy atom. The van der Waals surface area contributed by atoms with Crippen LogP contribution >= 0.6 is 35.0 Å². The largest absolute Gasteiger partial charge is 0.493 e. The highest BCUT2D eigenvalue weighted by Crippen LogP contribution is 2.33. The van der Waals surface area contributed by atoms with Gasteiger partial charge >= 0.3 is 0 Å². The lowest BCUT2D eigenvalue weighted by molar-refractivity contribution is -0.115. The maximum absolute atomic E-state index is 12.2. The van der Waals surface area contributed by atoms with Crippen LogP contribution in [0.2, 0.25) is 10.0 Å². The minimum Gasteiger partial charge on any atom is -0.493 e. The van der Waals surface area contributed by atoms with E-state index >= 15 is 0 Å². The number of nitriles is 1. The molecular formula is C19H13Cl2N3O3S. The van der Waals surface area contributed by atoms with Gasteiger partial charge in [0.05, 0.1) is 27.7 Å². The van der Waals surface area contributed by atoms with Gasteiger partial charge in [0.15, 0.2) is 23.3 Å². The highest BCUT2D eigenvalue weighted by molar-refractivity contribution is 8.18. The molecule has 1 aliphatic rings. The number of nitrogens with zero attached hydrogens (tertiary/aromatic N) is 2. The van der Waals surface area contributed by atoms with Gasteiger partial charge in [0.2, 0.25) is 0 Å². The van der Waals surface area contributed by atoms with Crippen LogP contribution in [0.5, 0.6) is 11.5 Å². The topological polar surface area (TPSA) is 83.7 Å². The van der Waals surface area contributed by atoms with E-state index in [1.165, 1.54) is 18.9 Å². The highest BCUT2D eigenvalue weighted by atomic mass is 35.5.